The second-order valence-electron chi connectivity index (χ2n) is 4.10. The fourth-order valence-corrected chi connectivity index (χ4v) is 1.73. The lowest BCUT2D eigenvalue weighted by atomic mass is 10.1. The molecule has 0 heterocycles. The van der Waals surface area contributed by atoms with Crippen LogP contribution in [-0.2, 0) is 25.7 Å². The zero-order valence-corrected chi connectivity index (χ0v) is 10.6. The van der Waals surface area contributed by atoms with Crippen LogP contribution >= 0.6 is 0 Å². The minimum absolute atomic E-state index is 0.153. The molecule has 2 rings (SSSR count). The third kappa shape index (κ3) is 3.55. The zero-order chi connectivity index (χ0) is 13.7. The summed E-state index contributed by atoms with van der Waals surface area (Å²) >= 11 is 0. The Morgan fingerprint density at radius 1 is 1.00 bits per heavy atom. The molecular weight excluding hydrogens is 244 g/mol. The van der Waals surface area contributed by atoms with E-state index in [1.54, 1.807) is 0 Å². The largest absolute Gasteiger partial charge is 0.469 e. The third-order valence-electron chi connectivity index (χ3n) is 2.73. The van der Waals surface area contributed by atoms with Gasteiger partial charge in [0, 0.05) is 0 Å². The summed E-state index contributed by atoms with van der Waals surface area (Å²) in [6.07, 6.45) is -0.357. The molecule has 0 aliphatic heterocycles. The summed E-state index contributed by atoms with van der Waals surface area (Å²) in [5, 5.41) is 2.22. The SMILES string of the molecule is COC(=O)CC(=O)OCc1ccc2ccccc2c1. The van der Waals surface area contributed by atoms with Crippen molar-refractivity contribution in [2.45, 2.75) is 13.0 Å². The Kier molecular flexibility index (Phi) is 4.13. The van der Waals surface area contributed by atoms with Gasteiger partial charge >= 0.3 is 11.9 Å². The lowest BCUT2D eigenvalue weighted by Crippen LogP contribution is -2.12. The lowest BCUT2D eigenvalue weighted by Gasteiger charge is -2.05. The van der Waals surface area contributed by atoms with Gasteiger partial charge in [-0.05, 0) is 22.4 Å². The molecule has 98 valence electrons. The van der Waals surface area contributed by atoms with Crippen molar-refractivity contribution in [1.29, 1.82) is 0 Å². The molecule has 0 atom stereocenters. The Morgan fingerprint density at radius 3 is 2.47 bits per heavy atom. The van der Waals surface area contributed by atoms with E-state index in [2.05, 4.69) is 4.74 Å². The van der Waals surface area contributed by atoms with Crippen LogP contribution < -0.4 is 0 Å². The molecule has 2 aromatic rings. The molecule has 0 aliphatic carbocycles. The minimum atomic E-state index is -0.594. The van der Waals surface area contributed by atoms with E-state index >= 15 is 0 Å². The summed E-state index contributed by atoms with van der Waals surface area (Å²) in [6.45, 7) is 0.153. The van der Waals surface area contributed by atoms with E-state index in [1.807, 2.05) is 42.5 Å². The van der Waals surface area contributed by atoms with E-state index in [0.717, 1.165) is 16.3 Å². The number of fused-ring (bicyclic) bond motifs is 1. The highest BCUT2D eigenvalue weighted by Gasteiger charge is 2.10. The number of carbonyl (C=O) groups is 2. The standard InChI is InChI=1S/C15H14O4/c1-18-14(16)9-15(17)19-10-11-6-7-12-4-2-3-5-13(12)8-11/h2-8H,9-10H2,1H3. The van der Waals surface area contributed by atoms with Crippen LogP contribution in [0.15, 0.2) is 42.5 Å². The van der Waals surface area contributed by atoms with Crippen molar-refractivity contribution in [1.82, 2.24) is 0 Å². The summed E-state index contributed by atoms with van der Waals surface area (Å²) in [7, 11) is 1.24. The highest BCUT2D eigenvalue weighted by Crippen LogP contribution is 2.16. The minimum Gasteiger partial charge on any atom is -0.469 e. The van der Waals surface area contributed by atoms with Crippen molar-refractivity contribution < 1.29 is 19.1 Å². The van der Waals surface area contributed by atoms with Gasteiger partial charge in [-0.15, -0.1) is 0 Å². The number of hydrogen-bond donors (Lipinski definition) is 0. The predicted octanol–water partition coefficient (Wildman–Crippen LogP) is 2.45. The summed E-state index contributed by atoms with van der Waals surface area (Å²) in [5.74, 6) is -1.18. The quantitative estimate of drug-likeness (QED) is 0.624. The predicted molar refractivity (Wildman–Crippen MR) is 70.4 cm³/mol. The molecule has 0 saturated carbocycles. The topological polar surface area (TPSA) is 52.6 Å². The van der Waals surface area contributed by atoms with Gasteiger partial charge in [-0.1, -0.05) is 36.4 Å². The van der Waals surface area contributed by atoms with Gasteiger partial charge in [0.15, 0.2) is 0 Å². The van der Waals surface area contributed by atoms with Crippen molar-refractivity contribution in [3.8, 4) is 0 Å². The normalized spacial score (nSPS) is 10.2. The monoisotopic (exact) mass is 258 g/mol. The molecule has 0 bridgehead atoms. The molecule has 0 aromatic heterocycles. The van der Waals surface area contributed by atoms with Gasteiger partial charge in [0.25, 0.3) is 0 Å². The average Bonchev–Trinajstić information content (AvgIpc) is 2.44. The second kappa shape index (κ2) is 6.00. The van der Waals surface area contributed by atoms with Crippen molar-refractivity contribution in [2.75, 3.05) is 7.11 Å². The Balaban J connectivity index is 1.98. The highest BCUT2D eigenvalue weighted by atomic mass is 16.5. The van der Waals surface area contributed by atoms with Crippen molar-refractivity contribution in [2.24, 2.45) is 0 Å². The van der Waals surface area contributed by atoms with E-state index in [0.29, 0.717) is 0 Å². The maximum Gasteiger partial charge on any atom is 0.317 e. The van der Waals surface area contributed by atoms with Gasteiger partial charge in [0.1, 0.15) is 13.0 Å². The summed E-state index contributed by atoms with van der Waals surface area (Å²) in [4.78, 5) is 22.2. The number of hydrogen-bond acceptors (Lipinski definition) is 4. The van der Waals surface area contributed by atoms with Crippen molar-refractivity contribution >= 4 is 22.7 Å². The number of methoxy groups -OCH3 is 1. The molecule has 0 N–H and O–H groups in total. The van der Waals surface area contributed by atoms with Gasteiger partial charge in [0.2, 0.25) is 0 Å². The fourth-order valence-electron chi connectivity index (χ4n) is 1.73. The van der Waals surface area contributed by atoms with Crippen LogP contribution in [-0.4, -0.2) is 19.0 Å². The first-order chi connectivity index (χ1) is 9.19. The molecule has 0 amide bonds. The molecule has 2 aromatic carbocycles. The van der Waals surface area contributed by atoms with Crippen LogP contribution in [0.4, 0.5) is 0 Å². The summed E-state index contributed by atoms with van der Waals surface area (Å²) < 4.78 is 9.40. The smallest absolute Gasteiger partial charge is 0.317 e. The lowest BCUT2D eigenvalue weighted by molar-refractivity contribution is -0.153. The van der Waals surface area contributed by atoms with Gasteiger partial charge in [-0.25, -0.2) is 0 Å². The molecule has 4 heteroatoms. The zero-order valence-electron chi connectivity index (χ0n) is 10.6. The van der Waals surface area contributed by atoms with Crippen LogP contribution in [0.5, 0.6) is 0 Å². The van der Waals surface area contributed by atoms with Crippen LogP contribution in [0.2, 0.25) is 0 Å². The Bertz CT molecular complexity index is 604. The first-order valence-electron chi connectivity index (χ1n) is 5.89. The maximum absolute atomic E-state index is 11.3. The van der Waals surface area contributed by atoms with Crippen molar-refractivity contribution in [3.63, 3.8) is 0 Å². The molecular formula is C15H14O4. The maximum atomic E-state index is 11.3. The Morgan fingerprint density at radius 2 is 1.74 bits per heavy atom. The number of ether oxygens (including phenoxy) is 2. The number of rotatable bonds is 4. The first kappa shape index (κ1) is 13.1. The Hall–Kier alpha value is -2.36. The molecule has 0 radical (unpaired) electrons. The summed E-state index contributed by atoms with van der Waals surface area (Å²) in [5.41, 5.74) is 0.886. The van der Waals surface area contributed by atoms with Gasteiger partial charge in [-0.2, -0.15) is 0 Å². The van der Waals surface area contributed by atoms with E-state index in [1.165, 1.54) is 7.11 Å². The van der Waals surface area contributed by atoms with Crippen molar-refractivity contribution in [3.05, 3.63) is 48.0 Å². The van der Waals surface area contributed by atoms with E-state index in [9.17, 15) is 9.59 Å². The van der Waals surface area contributed by atoms with Gasteiger partial charge in [0.05, 0.1) is 7.11 Å². The van der Waals surface area contributed by atoms with Crippen LogP contribution in [0.3, 0.4) is 0 Å². The summed E-state index contributed by atoms with van der Waals surface area (Å²) in [6, 6.07) is 13.8. The molecule has 0 aliphatic rings. The van der Waals surface area contributed by atoms with Crippen LogP contribution in [0, 0.1) is 0 Å². The molecule has 0 unspecified atom stereocenters. The van der Waals surface area contributed by atoms with E-state index in [4.69, 9.17) is 4.74 Å². The number of carbonyl (C=O) groups excluding carboxylic acids is 2. The second-order valence-corrected chi connectivity index (χ2v) is 4.10. The molecule has 0 spiro atoms. The molecule has 4 nitrogen and oxygen atoms in total. The fraction of sp³-hybridized carbons (Fsp3) is 0.200. The van der Waals surface area contributed by atoms with Gasteiger partial charge in [-0.3, -0.25) is 9.59 Å². The first-order valence-corrected chi connectivity index (χ1v) is 5.89. The third-order valence-corrected chi connectivity index (χ3v) is 2.73. The molecule has 0 fully saturated rings. The van der Waals surface area contributed by atoms with Crippen LogP contribution in [0.1, 0.15) is 12.0 Å². The average molecular weight is 258 g/mol. The Labute approximate surface area is 110 Å². The molecule has 19 heavy (non-hydrogen) atoms. The van der Waals surface area contributed by atoms with Crippen LogP contribution in [0.25, 0.3) is 10.8 Å². The van der Waals surface area contributed by atoms with Gasteiger partial charge < -0.3 is 9.47 Å². The number of esters is 2. The van der Waals surface area contributed by atoms with E-state index < -0.39 is 11.9 Å². The molecule has 0 saturated heterocycles. The highest BCUT2D eigenvalue weighted by molar-refractivity contribution is 5.91. The van der Waals surface area contributed by atoms with E-state index in [-0.39, 0.29) is 13.0 Å². The number of benzene rings is 2.